The largest absolute Gasteiger partial charge is 0.478 e. The summed E-state index contributed by atoms with van der Waals surface area (Å²) < 4.78 is 5.51. The smallest absolute Gasteiger partial charge is 0.339 e. The van der Waals surface area contributed by atoms with Gasteiger partial charge in [-0.3, -0.25) is 0 Å². The van der Waals surface area contributed by atoms with Crippen LogP contribution in [0.15, 0.2) is 36.4 Å². The fourth-order valence-electron chi connectivity index (χ4n) is 1.92. The maximum Gasteiger partial charge on any atom is 0.339 e. The molecular weight excluding hydrogens is 272 g/mol. The van der Waals surface area contributed by atoms with Crippen LogP contribution >= 0.6 is 0 Å². The van der Waals surface area contributed by atoms with E-state index >= 15 is 0 Å². The molecule has 0 aromatic heterocycles. The summed E-state index contributed by atoms with van der Waals surface area (Å²) in [6.07, 6.45) is 0. The quantitative estimate of drug-likeness (QED) is 0.898. The Morgan fingerprint density at radius 3 is 1.52 bits per heavy atom. The zero-order chi connectivity index (χ0) is 15.6. The number of hydrogen-bond donors (Lipinski definition) is 2. The van der Waals surface area contributed by atoms with E-state index in [9.17, 15) is 19.8 Å². The monoisotopic (exact) mass is 286 g/mol. The first-order valence-corrected chi connectivity index (χ1v) is 6.24. The highest BCUT2D eigenvalue weighted by Crippen LogP contribution is 2.29. The van der Waals surface area contributed by atoms with Crippen molar-refractivity contribution in [3.8, 4) is 11.5 Å². The predicted molar refractivity (Wildman–Crippen MR) is 76.4 cm³/mol. The van der Waals surface area contributed by atoms with Gasteiger partial charge < -0.3 is 14.9 Å². The molecule has 0 bridgehead atoms. The van der Waals surface area contributed by atoms with Crippen LogP contribution in [0, 0.1) is 13.8 Å². The molecule has 2 N–H and O–H groups in total. The summed E-state index contributed by atoms with van der Waals surface area (Å²) in [5.74, 6) is -2.03. The van der Waals surface area contributed by atoms with E-state index in [1.807, 2.05) is 0 Å². The Bertz CT molecular complexity index is 657. The summed E-state index contributed by atoms with van der Waals surface area (Å²) in [4.78, 5) is 22.5. The van der Waals surface area contributed by atoms with Gasteiger partial charge in [0.25, 0.3) is 0 Å². The summed E-state index contributed by atoms with van der Waals surface area (Å²) in [6, 6.07) is 9.40. The topological polar surface area (TPSA) is 83.8 Å². The summed E-state index contributed by atoms with van der Waals surface area (Å²) in [5.41, 5.74) is 1.54. The molecule has 0 aliphatic carbocycles. The third kappa shape index (κ3) is 3.20. The summed E-state index contributed by atoms with van der Waals surface area (Å²) in [5, 5.41) is 18.4. The van der Waals surface area contributed by atoms with Crippen molar-refractivity contribution >= 4 is 11.9 Å². The molecular formula is C16H14O5. The molecule has 2 rings (SSSR count). The zero-order valence-electron chi connectivity index (χ0n) is 11.6. The van der Waals surface area contributed by atoms with Crippen molar-refractivity contribution in [3.05, 3.63) is 58.7 Å². The average molecular weight is 286 g/mol. The molecule has 5 heteroatoms. The second-order valence-electron chi connectivity index (χ2n) is 4.71. The summed E-state index contributed by atoms with van der Waals surface area (Å²) >= 11 is 0. The molecule has 0 radical (unpaired) electrons. The van der Waals surface area contributed by atoms with Gasteiger partial charge in [-0.1, -0.05) is 23.3 Å². The Kier molecular flexibility index (Phi) is 3.93. The van der Waals surface area contributed by atoms with Crippen LogP contribution in [0.25, 0.3) is 0 Å². The van der Waals surface area contributed by atoms with Gasteiger partial charge in [0, 0.05) is 0 Å². The van der Waals surface area contributed by atoms with Crippen molar-refractivity contribution in [1.29, 1.82) is 0 Å². The van der Waals surface area contributed by atoms with Crippen molar-refractivity contribution < 1.29 is 24.5 Å². The van der Waals surface area contributed by atoms with Crippen molar-refractivity contribution in [2.24, 2.45) is 0 Å². The molecule has 2 aromatic rings. The highest BCUT2D eigenvalue weighted by Gasteiger charge is 2.16. The number of benzene rings is 2. The molecule has 0 amide bonds. The number of hydrogen-bond acceptors (Lipinski definition) is 3. The third-order valence-corrected chi connectivity index (χ3v) is 2.95. The average Bonchev–Trinajstić information content (AvgIpc) is 2.42. The third-order valence-electron chi connectivity index (χ3n) is 2.95. The molecule has 0 spiro atoms. The Labute approximate surface area is 121 Å². The number of carboxylic acids is 2. The molecule has 0 fully saturated rings. The molecule has 0 saturated carbocycles. The van der Waals surface area contributed by atoms with Gasteiger partial charge in [-0.15, -0.1) is 0 Å². The van der Waals surface area contributed by atoms with Crippen molar-refractivity contribution in [3.63, 3.8) is 0 Å². The van der Waals surface area contributed by atoms with E-state index in [0.29, 0.717) is 0 Å². The van der Waals surface area contributed by atoms with Crippen LogP contribution < -0.4 is 4.74 Å². The van der Waals surface area contributed by atoms with Gasteiger partial charge in [0.15, 0.2) is 0 Å². The van der Waals surface area contributed by atoms with Crippen LogP contribution in [-0.4, -0.2) is 22.2 Å². The molecule has 0 unspecified atom stereocenters. The van der Waals surface area contributed by atoms with Gasteiger partial charge in [0.2, 0.25) is 0 Å². The van der Waals surface area contributed by atoms with Gasteiger partial charge in [-0.05, 0) is 38.1 Å². The Morgan fingerprint density at radius 1 is 0.810 bits per heavy atom. The fraction of sp³-hybridized carbons (Fsp3) is 0.125. The maximum absolute atomic E-state index is 11.2. The van der Waals surface area contributed by atoms with Crippen molar-refractivity contribution in [1.82, 2.24) is 0 Å². The van der Waals surface area contributed by atoms with E-state index in [0.717, 1.165) is 11.1 Å². The number of aryl methyl sites for hydroxylation is 2. The zero-order valence-corrected chi connectivity index (χ0v) is 11.6. The van der Waals surface area contributed by atoms with Gasteiger partial charge in [0.1, 0.15) is 22.6 Å². The van der Waals surface area contributed by atoms with Gasteiger partial charge in [-0.25, -0.2) is 9.59 Å². The molecule has 0 atom stereocenters. The molecule has 0 heterocycles. The molecule has 21 heavy (non-hydrogen) atoms. The SMILES string of the molecule is Cc1ccc(Oc2ccc(C)cc2C(=O)O)c(C(=O)O)c1. The van der Waals surface area contributed by atoms with E-state index in [1.165, 1.54) is 24.3 Å². The lowest BCUT2D eigenvalue weighted by atomic mass is 10.1. The van der Waals surface area contributed by atoms with E-state index in [2.05, 4.69) is 0 Å². The minimum absolute atomic E-state index is 0.00749. The second kappa shape index (κ2) is 5.66. The molecule has 0 aliphatic rings. The van der Waals surface area contributed by atoms with E-state index < -0.39 is 11.9 Å². The van der Waals surface area contributed by atoms with Gasteiger partial charge >= 0.3 is 11.9 Å². The molecule has 2 aromatic carbocycles. The van der Waals surface area contributed by atoms with Crippen LogP contribution in [0.1, 0.15) is 31.8 Å². The van der Waals surface area contributed by atoms with Crippen LogP contribution in [0.3, 0.4) is 0 Å². The summed E-state index contributed by atoms with van der Waals surface area (Å²) in [6.45, 7) is 3.54. The van der Waals surface area contributed by atoms with Crippen LogP contribution in [0.5, 0.6) is 11.5 Å². The first-order valence-electron chi connectivity index (χ1n) is 6.24. The number of carboxylic acid groups (broad SMARTS) is 2. The van der Waals surface area contributed by atoms with Crippen molar-refractivity contribution in [2.45, 2.75) is 13.8 Å². The molecule has 108 valence electrons. The standard InChI is InChI=1S/C16H14O5/c1-9-3-5-13(11(7-9)15(17)18)21-14-6-4-10(2)8-12(14)16(19)20/h3-8H,1-2H3,(H,17,18)(H,19,20). The van der Waals surface area contributed by atoms with Gasteiger partial charge in [-0.2, -0.15) is 0 Å². The summed E-state index contributed by atoms with van der Waals surface area (Å²) in [7, 11) is 0. The normalized spacial score (nSPS) is 10.2. The van der Waals surface area contributed by atoms with E-state index in [1.54, 1.807) is 26.0 Å². The minimum atomic E-state index is -1.13. The van der Waals surface area contributed by atoms with Crippen LogP contribution in [0.4, 0.5) is 0 Å². The van der Waals surface area contributed by atoms with E-state index in [-0.39, 0.29) is 22.6 Å². The molecule has 0 aliphatic heterocycles. The highest BCUT2D eigenvalue weighted by atomic mass is 16.5. The number of carbonyl (C=O) groups is 2. The number of rotatable bonds is 4. The van der Waals surface area contributed by atoms with Gasteiger partial charge in [0.05, 0.1) is 0 Å². The van der Waals surface area contributed by atoms with Crippen LogP contribution in [-0.2, 0) is 0 Å². The highest BCUT2D eigenvalue weighted by molar-refractivity contribution is 5.93. The minimum Gasteiger partial charge on any atom is -0.478 e. The van der Waals surface area contributed by atoms with Crippen LogP contribution in [0.2, 0.25) is 0 Å². The number of ether oxygens (including phenoxy) is 1. The lowest BCUT2D eigenvalue weighted by Crippen LogP contribution is -2.04. The Hall–Kier alpha value is -2.82. The molecule has 0 saturated heterocycles. The number of aromatic carboxylic acids is 2. The molecule has 5 nitrogen and oxygen atoms in total. The van der Waals surface area contributed by atoms with Crippen molar-refractivity contribution in [2.75, 3.05) is 0 Å². The first kappa shape index (κ1) is 14.6. The maximum atomic E-state index is 11.2. The Balaban J connectivity index is 2.48. The second-order valence-corrected chi connectivity index (χ2v) is 4.71. The fourth-order valence-corrected chi connectivity index (χ4v) is 1.92. The van der Waals surface area contributed by atoms with E-state index in [4.69, 9.17) is 4.74 Å². The first-order chi connectivity index (χ1) is 9.88. The lowest BCUT2D eigenvalue weighted by Gasteiger charge is -2.12. The predicted octanol–water partition coefficient (Wildman–Crippen LogP) is 3.49. The lowest BCUT2D eigenvalue weighted by molar-refractivity contribution is 0.0687. The Morgan fingerprint density at radius 2 is 1.19 bits per heavy atom.